The Morgan fingerprint density at radius 2 is 1.90 bits per heavy atom. The maximum Gasteiger partial charge on any atom is 0.273 e. The highest BCUT2D eigenvalue weighted by Gasteiger charge is 2.27. The van der Waals surface area contributed by atoms with E-state index in [1.165, 1.54) is 0 Å². The van der Waals surface area contributed by atoms with Crippen molar-refractivity contribution in [3.63, 3.8) is 0 Å². The number of pyridine rings is 2. The first-order valence-electron chi connectivity index (χ1n) is 11.0. The molecule has 0 spiro atoms. The number of aromatic nitrogens is 2. The van der Waals surface area contributed by atoms with Gasteiger partial charge < -0.3 is 4.90 Å². The minimum Gasteiger partial charge on any atom is -0.337 e. The van der Waals surface area contributed by atoms with Gasteiger partial charge in [-0.1, -0.05) is 33.4 Å². The largest absolute Gasteiger partial charge is 0.337 e. The summed E-state index contributed by atoms with van der Waals surface area (Å²) in [7, 11) is 0. The van der Waals surface area contributed by atoms with E-state index in [0.29, 0.717) is 17.7 Å². The number of nitrogens with zero attached hydrogens (tertiary/aromatic N) is 3. The van der Waals surface area contributed by atoms with Crippen LogP contribution in [0, 0.1) is 6.92 Å². The molecule has 5 nitrogen and oxygen atoms in total. The van der Waals surface area contributed by atoms with Crippen molar-refractivity contribution in [2.24, 2.45) is 0 Å². The highest BCUT2D eigenvalue weighted by atomic mass is 16.2. The molecule has 0 radical (unpaired) electrons. The van der Waals surface area contributed by atoms with Crippen LogP contribution in [0.2, 0.25) is 0 Å². The third kappa shape index (κ3) is 5.35. The van der Waals surface area contributed by atoms with E-state index in [1.807, 2.05) is 64.7 Å². The molecule has 164 valence electrons. The van der Waals surface area contributed by atoms with E-state index in [2.05, 4.69) is 11.6 Å². The molecule has 1 aliphatic heterocycles. The van der Waals surface area contributed by atoms with Gasteiger partial charge in [-0.15, -0.1) is 0 Å². The summed E-state index contributed by atoms with van der Waals surface area (Å²) in [4.78, 5) is 36.0. The summed E-state index contributed by atoms with van der Waals surface area (Å²) in [5.41, 5.74) is 5.02. The van der Waals surface area contributed by atoms with Crippen molar-refractivity contribution in [3.05, 3.63) is 65.2 Å². The number of fused-ring (bicyclic) bond motifs is 1. The first-order valence-corrected chi connectivity index (χ1v) is 11.0. The quantitative estimate of drug-likeness (QED) is 0.445. The monoisotopic (exact) mass is 419 g/mol. The predicted octanol–water partition coefficient (Wildman–Crippen LogP) is 5.70. The van der Waals surface area contributed by atoms with Crippen LogP contribution >= 0.6 is 0 Å². The highest BCUT2D eigenvalue weighted by Crippen LogP contribution is 2.30. The molecule has 1 amide bonds. The Morgan fingerprint density at radius 1 is 1.23 bits per heavy atom. The van der Waals surface area contributed by atoms with Crippen LogP contribution in [0.25, 0.3) is 16.5 Å². The number of allylic oxidation sites excluding steroid dienone is 5. The fraction of sp³-hybridized carbons (Fsp3) is 0.385. The predicted molar refractivity (Wildman–Crippen MR) is 128 cm³/mol. The Hall–Kier alpha value is -3.08. The molecule has 31 heavy (non-hydrogen) atoms. The molecule has 3 heterocycles. The lowest BCUT2D eigenvalue weighted by atomic mass is 9.93. The molecular weight excluding hydrogens is 386 g/mol. The molecule has 0 unspecified atom stereocenters. The topological polar surface area (TPSA) is 63.2 Å². The first-order chi connectivity index (χ1) is 14.8. The molecule has 2 aromatic heterocycles. The molecule has 0 saturated carbocycles. The molecule has 0 bridgehead atoms. The van der Waals surface area contributed by atoms with Crippen molar-refractivity contribution in [3.8, 4) is 0 Å². The number of likely N-dealkylation sites (tertiary alicyclic amines) is 1. The molecule has 0 N–H and O–H groups in total. The van der Waals surface area contributed by atoms with Gasteiger partial charge in [0.15, 0.2) is 5.78 Å². The molecule has 1 saturated heterocycles. The van der Waals surface area contributed by atoms with Gasteiger partial charge in [0.25, 0.3) is 5.91 Å². The number of rotatable bonds is 6. The zero-order valence-corrected chi connectivity index (χ0v) is 19.6. The van der Waals surface area contributed by atoms with Crippen molar-refractivity contribution in [2.75, 3.05) is 13.1 Å². The molecule has 1 aliphatic rings. The number of amides is 1. The number of aryl methyl sites for hydroxylation is 1. The van der Waals surface area contributed by atoms with Crippen LogP contribution in [-0.2, 0) is 4.79 Å². The molecule has 1 fully saturated rings. The second-order valence-electron chi connectivity index (χ2n) is 7.38. The number of carbonyl (C=O) groups excluding carboxylic acids is 2. The van der Waals surface area contributed by atoms with Crippen molar-refractivity contribution in [1.29, 1.82) is 0 Å². The summed E-state index contributed by atoms with van der Waals surface area (Å²) in [6.45, 7) is 17.0. The van der Waals surface area contributed by atoms with Gasteiger partial charge in [0.2, 0.25) is 0 Å². The van der Waals surface area contributed by atoms with E-state index in [1.54, 1.807) is 12.3 Å². The van der Waals surface area contributed by atoms with Crippen LogP contribution in [0.4, 0.5) is 0 Å². The van der Waals surface area contributed by atoms with Crippen LogP contribution in [0.1, 0.15) is 69.2 Å². The van der Waals surface area contributed by atoms with E-state index >= 15 is 0 Å². The normalized spacial score (nSPS) is 13.9. The minimum absolute atomic E-state index is 0.00740. The molecule has 0 aliphatic carbocycles. The zero-order valence-electron chi connectivity index (χ0n) is 19.6. The van der Waals surface area contributed by atoms with Gasteiger partial charge in [0, 0.05) is 47.9 Å². The van der Waals surface area contributed by atoms with Crippen molar-refractivity contribution in [2.45, 2.75) is 54.4 Å². The van der Waals surface area contributed by atoms with Gasteiger partial charge in [-0.2, -0.15) is 0 Å². The fourth-order valence-corrected chi connectivity index (χ4v) is 3.45. The lowest BCUT2D eigenvalue weighted by molar-refractivity contribution is -0.114. The van der Waals surface area contributed by atoms with Crippen molar-refractivity contribution < 1.29 is 9.59 Å². The number of hydrogen-bond donors (Lipinski definition) is 0. The first kappa shape index (κ1) is 24.2. The third-order valence-corrected chi connectivity index (χ3v) is 5.26. The van der Waals surface area contributed by atoms with Gasteiger partial charge in [-0.3, -0.25) is 14.6 Å². The average molecular weight is 420 g/mol. The summed E-state index contributed by atoms with van der Waals surface area (Å²) < 4.78 is 0. The summed E-state index contributed by atoms with van der Waals surface area (Å²) in [6, 6.07) is 3.87. The van der Waals surface area contributed by atoms with Gasteiger partial charge in [0.1, 0.15) is 5.69 Å². The number of Topliss-reactive ketones (excluding diaryl/α,β-unsaturated/α-hetero) is 1. The second kappa shape index (κ2) is 10.8. The molecular formula is C26H33N3O2. The Labute approximate surface area is 185 Å². The van der Waals surface area contributed by atoms with Gasteiger partial charge in [-0.25, -0.2) is 4.98 Å². The van der Waals surface area contributed by atoms with Crippen LogP contribution in [0.5, 0.6) is 0 Å². The summed E-state index contributed by atoms with van der Waals surface area (Å²) in [6.07, 6.45) is 6.95. The van der Waals surface area contributed by atoms with Crippen LogP contribution in [-0.4, -0.2) is 39.6 Å². The summed E-state index contributed by atoms with van der Waals surface area (Å²) >= 11 is 0. The highest BCUT2D eigenvalue weighted by molar-refractivity contribution is 6.03. The van der Waals surface area contributed by atoms with Gasteiger partial charge in [0.05, 0.1) is 5.52 Å². The molecule has 5 heteroatoms. The van der Waals surface area contributed by atoms with Crippen LogP contribution in [0.15, 0.2) is 48.2 Å². The SMILES string of the molecule is C=C(/C=C(C)\C(=C/C)c1cc2cnc(C)cc2nc1C(=O)N1CCC1)C(=O)CC.CC. The average Bonchev–Trinajstić information content (AvgIpc) is 2.73. The Balaban J connectivity index is 0.00000166. The van der Waals surface area contributed by atoms with Crippen molar-refractivity contribution >= 4 is 28.2 Å². The lowest BCUT2D eigenvalue weighted by Gasteiger charge is -2.31. The van der Waals surface area contributed by atoms with Gasteiger partial charge >= 0.3 is 0 Å². The lowest BCUT2D eigenvalue weighted by Crippen LogP contribution is -2.42. The molecule has 2 aromatic rings. The fourth-order valence-electron chi connectivity index (χ4n) is 3.45. The van der Waals surface area contributed by atoms with E-state index in [9.17, 15) is 9.59 Å². The summed E-state index contributed by atoms with van der Waals surface area (Å²) in [5.74, 6) is -0.0498. The van der Waals surface area contributed by atoms with E-state index in [4.69, 9.17) is 4.98 Å². The minimum atomic E-state index is -0.0572. The molecule has 0 atom stereocenters. The standard InChI is InChI=1S/C24H27N3O2.C2H6/c1-6-19(15(3)11-16(4)22(28)7-2)20-13-18-14-25-17(5)12-21(18)26-23(20)24(29)27-9-8-10-27;1-2/h6,11-14H,4,7-10H2,1-3,5H3;1-2H3/b15-11-,19-6+;. The van der Waals surface area contributed by atoms with Gasteiger partial charge in [-0.05, 0) is 56.5 Å². The van der Waals surface area contributed by atoms with Crippen LogP contribution in [0.3, 0.4) is 0 Å². The Kier molecular flexibility index (Phi) is 8.43. The third-order valence-electron chi connectivity index (χ3n) is 5.26. The summed E-state index contributed by atoms with van der Waals surface area (Å²) in [5, 5.41) is 0.876. The van der Waals surface area contributed by atoms with Crippen molar-refractivity contribution in [1.82, 2.24) is 14.9 Å². The van der Waals surface area contributed by atoms with Crippen LogP contribution < -0.4 is 0 Å². The van der Waals surface area contributed by atoms with E-state index in [-0.39, 0.29) is 11.7 Å². The molecule has 0 aromatic carbocycles. The maximum absolute atomic E-state index is 13.1. The zero-order chi connectivity index (χ0) is 23.1. The molecule has 3 rings (SSSR count). The second-order valence-corrected chi connectivity index (χ2v) is 7.38. The van der Waals surface area contributed by atoms with E-state index < -0.39 is 0 Å². The number of hydrogen-bond acceptors (Lipinski definition) is 4. The number of ketones is 1. The smallest absolute Gasteiger partial charge is 0.273 e. The van der Waals surface area contributed by atoms with E-state index in [0.717, 1.165) is 52.8 Å². The Bertz CT molecular complexity index is 1060. The Morgan fingerprint density at radius 3 is 2.45 bits per heavy atom. The number of carbonyl (C=O) groups is 2. The maximum atomic E-state index is 13.1.